The highest BCUT2D eigenvalue weighted by Crippen LogP contribution is 2.35. The van der Waals surface area contributed by atoms with Gasteiger partial charge in [-0.1, -0.05) is 23.9 Å². The number of carbonyl (C=O) groups is 1. The largest absolute Gasteiger partial charge is 0.467 e. The Kier molecular flexibility index (Phi) is 5.96. The highest BCUT2D eigenvalue weighted by molar-refractivity contribution is 8.13. The van der Waals surface area contributed by atoms with Crippen molar-refractivity contribution < 1.29 is 22.7 Å². The Morgan fingerprint density at radius 3 is 2.79 bits per heavy atom. The molecule has 1 aliphatic rings. The van der Waals surface area contributed by atoms with Crippen LogP contribution in [0.3, 0.4) is 0 Å². The first kappa shape index (κ1) is 20.9. The van der Waals surface area contributed by atoms with E-state index in [1.807, 2.05) is 13.0 Å². The summed E-state index contributed by atoms with van der Waals surface area (Å²) in [5, 5.41) is 3.22. The quantitative estimate of drug-likeness (QED) is 0.762. The molecule has 0 spiro atoms. The van der Waals surface area contributed by atoms with Crippen LogP contribution in [-0.2, 0) is 5.54 Å². The van der Waals surface area contributed by atoms with Gasteiger partial charge in [-0.25, -0.2) is 9.97 Å². The molecule has 1 aliphatic heterocycles. The number of nitrogens with two attached hydrogens (primary N) is 1. The first-order valence-corrected chi connectivity index (χ1v) is 9.55. The Balaban J connectivity index is 1.69. The van der Waals surface area contributed by atoms with E-state index in [4.69, 9.17) is 5.73 Å². The molecule has 11 heteroatoms. The molecule has 0 bridgehead atoms. The molecular weight excluding hydrogens is 407 g/mol. The third-order valence-electron chi connectivity index (χ3n) is 4.18. The molecule has 0 saturated heterocycles. The predicted octanol–water partition coefficient (Wildman–Crippen LogP) is 3.34. The number of carbonyl (C=O) groups excluding carboxylic acids is 1. The molecule has 1 amide bonds. The first-order valence-electron chi connectivity index (χ1n) is 8.56. The number of benzene rings is 1. The maximum absolute atomic E-state index is 12.4. The summed E-state index contributed by atoms with van der Waals surface area (Å²) in [4.78, 5) is 24.4. The van der Waals surface area contributed by atoms with Crippen molar-refractivity contribution in [1.29, 1.82) is 0 Å². The average Bonchev–Trinajstić information content (AvgIpc) is 2.66. The lowest BCUT2D eigenvalue weighted by atomic mass is 9.89. The summed E-state index contributed by atoms with van der Waals surface area (Å²) in [6, 6.07) is 7.22. The number of amides is 1. The van der Waals surface area contributed by atoms with Gasteiger partial charge in [0.25, 0.3) is 5.91 Å². The minimum absolute atomic E-state index is 0.0581. The number of anilines is 1. The maximum Gasteiger partial charge on any atom is 0.422 e. The summed E-state index contributed by atoms with van der Waals surface area (Å²) < 4.78 is 40.9. The zero-order valence-electron chi connectivity index (χ0n) is 15.4. The molecule has 29 heavy (non-hydrogen) atoms. The van der Waals surface area contributed by atoms with Crippen LogP contribution in [0.2, 0.25) is 0 Å². The summed E-state index contributed by atoms with van der Waals surface area (Å²) in [5.74, 6) is -0.0235. The minimum Gasteiger partial charge on any atom is -0.467 e. The molecule has 0 saturated carbocycles. The van der Waals surface area contributed by atoms with Crippen LogP contribution in [-0.4, -0.2) is 39.6 Å². The van der Waals surface area contributed by atoms with Gasteiger partial charge in [0.1, 0.15) is 5.69 Å². The maximum atomic E-state index is 12.4. The summed E-state index contributed by atoms with van der Waals surface area (Å²) in [7, 11) is 0. The lowest BCUT2D eigenvalue weighted by molar-refractivity contribution is -0.154. The Hall–Kier alpha value is -2.82. The second-order valence-corrected chi connectivity index (χ2v) is 7.62. The number of thioether (sulfide) groups is 1. The zero-order chi connectivity index (χ0) is 21.1. The third kappa shape index (κ3) is 5.59. The van der Waals surface area contributed by atoms with Gasteiger partial charge in [0.15, 0.2) is 11.8 Å². The van der Waals surface area contributed by atoms with Crippen molar-refractivity contribution in [2.45, 2.75) is 25.1 Å². The zero-order valence-corrected chi connectivity index (χ0v) is 16.2. The highest BCUT2D eigenvalue weighted by Gasteiger charge is 2.30. The van der Waals surface area contributed by atoms with E-state index in [0.717, 1.165) is 30.1 Å². The molecular formula is C18H18F3N5O2S. The minimum atomic E-state index is -4.48. The van der Waals surface area contributed by atoms with Crippen LogP contribution < -0.4 is 15.8 Å². The molecule has 2 aromatic rings. The molecule has 0 unspecified atom stereocenters. The summed E-state index contributed by atoms with van der Waals surface area (Å²) in [6.45, 7) is 0.496. The Bertz CT molecular complexity index is 920. The van der Waals surface area contributed by atoms with E-state index in [-0.39, 0.29) is 11.6 Å². The second-order valence-electron chi connectivity index (χ2n) is 6.50. The molecule has 1 aromatic heterocycles. The van der Waals surface area contributed by atoms with Crippen molar-refractivity contribution in [1.82, 2.24) is 9.97 Å². The number of nitrogens with one attached hydrogen (secondary N) is 1. The lowest BCUT2D eigenvalue weighted by Crippen LogP contribution is -2.28. The fourth-order valence-electron chi connectivity index (χ4n) is 2.69. The molecule has 0 fully saturated rings. The Morgan fingerprint density at radius 2 is 2.14 bits per heavy atom. The van der Waals surface area contributed by atoms with E-state index in [2.05, 4.69) is 25.0 Å². The molecule has 1 aromatic carbocycles. The van der Waals surface area contributed by atoms with Crippen LogP contribution in [0.25, 0.3) is 0 Å². The summed E-state index contributed by atoms with van der Waals surface area (Å²) in [5.41, 5.74) is 6.75. The smallest absolute Gasteiger partial charge is 0.422 e. The van der Waals surface area contributed by atoms with Gasteiger partial charge in [0.2, 0.25) is 5.88 Å². The van der Waals surface area contributed by atoms with E-state index >= 15 is 0 Å². The summed E-state index contributed by atoms with van der Waals surface area (Å²) in [6.07, 6.45) is -1.66. The van der Waals surface area contributed by atoms with Crippen molar-refractivity contribution in [3.63, 3.8) is 0 Å². The van der Waals surface area contributed by atoms with Gasteiger partial charge in [0.05, 0.1) is 17.9 Å². The lowest BCUT2D eigenvalue weighted by Gasteiger charge is -2.30. The van der Waals surface area contributed by atoms with Crippen LogP contribution in [0.5, 0.6) is 5.88 Å². The van der Waals surface area contributed by atoms with Crippen molar-refractivity contribution in [2.75, 3.05) is 17.7 Å². The molecule has 0 radical (unpaired) electrons. The second kappa shape index (κ2) is 8.27. The fraction of sp³-hybridized carbons (Fsp3) is 0.333. The van der Waals surface area contributed by atoms with E-state index in [1.165, 1.54) is 11.8 Å². The van der Waals surface area contributed by atoms with Gasteiger partial charge in [-0.2, -0.15) is 13.2 Å². The normalized spacial score (nSPS) is 19.4. The molecule has 154 valence electrons. The third-order valence-corrected chi connectivity index (χ3v) is 4.98. The number of aliphatic imine (C=N–C) groups is 1. The number of nitrogens with zero attached hydrogens (tertiary/aromatic N) is 3. The molecule has 2 heterocycles. The average molecular weight is 425 g/mol. The number of ether oxygens (including phenoxy) is 1. The van der Waals surface area contributed by atoms with Crippen LogP contribution in [0.4, 0.5) is 18.9 Å². The number of alkyl halides is 3. The predicted molar refractivity (Wildman–Crippen MR) is 104 cm³/mol. The van der Waals surface area contributed by atoms with E-state index in [1.54, 1.807) is 18.2 Å². The molecule has 7 nitrogen and oxygen atoms in total. The molecule has 3 N–H and O–H groups in total. The van der Waals surface area contributed by atoms with Crippen molar-refractivity contribution in [2.24, 2.45) is 10.7 Å². The Morgan fingerprint density at radius 1 is 1.34 bits per heavy atom. The van der Waals surface area contributed by atoms with Gasteiger partial charge in [0, 0.05) is 11.4 Å². The van der Waals surface area contributed by atoms with Gasteiger partial charge in [-0.3, -0.25) is 9.79 Å². The molecule has 1 atom stereocenters. The number of hydrogen-bond donors (Lipinski definition) is 2. The fourth-order valence-corrected chi connectivity index (χ4v) is 3.66. The van der Waals surface area contributed by atoms with Crippen molar-refractivity contribution >= 4 is 28.5 Å². The van der Waals surface area contributed by atoms with E-state index < -0.39 is 24.2 Å². The first-order chi connectivity index (χ1) is 13.6. The van der Waals surface area contributed by atoms with Crippen LogP contribution in [0, 0.1) is 0 Å². The van der Waals surface area contributed by atoms with E-state index in [9.17, 15) is 18.0 Å². The van der Waals surface area contributed by atoms with E-state index in [0.29, 0.717) is 10.9 Å². The molecule has 0 aliphatic carbocycles. The van der Waals surface area contributed by atoms with Crippen molar-refractivity contribution in [3.8, 4) is 5.88 Å². The summed E-state index contributed by atoms with van der Waals surface area (Å²) >= 11 is 1.50. The van der Waals surface area contributed by atoms with Gasteiger partial charge in [-0.05, 0) is 31.0 Å². The van der Waals surface area contributed by atoms with Crippen LogP contribution in [0.1, 0.15) is 29.4 Å². The SMILES string of the molecule is C[C@@]1(c2cccc(NC(=O)c3cnc(OCC(F)(F)F)cn3)c2)CCSC(N)=N1. The van der Waals surface area contributed by atoms with Gasteiger partial charge < -0.3 is 15.8 Å². The molecule has 3 rings (SSSR count). The van der Waals surface area contributed by atoms with Gasteiger partial charge in [-0.15, -0.1) is 0 Å². The number of halogens is 3. The van der Waals surface area contributed by atoms with Crippen LogP contribution >= 0.6 is 11.8 Å². The number of hydrogen-bond acceptors (Lipinski definition) is 7. The number of amidine groups is 1. The number of aromatic nitrogens is 2. The highest BCUT2D eigenvalue weighted by atomic mass is 32.2. The standard InChI is InChI=1S/C18H18F3N5O2S/c1-17(5-6-29-16(22)26-17)11-3-2-4-12(7-11)25-15(27)13-8-24-14(9-23-13)28-10-18(19,20)21/h2-4,7-9H,5-6,10H2,1H3,(H2,22,26)(H,25,27)/t17-/m0/s1. The van der Waals surface area contributed by atoms with Gasteiger partial charge >= 0.3 is 6.18 Å². The monoisotopic (exact) mass is 425 g/mol. The van der Waals surface area contributed by atoms with Crippen molar-refractivity contribution in [3.05, 3.63) is 47.9 Å². The Labute approximate surface area is 169 Å². The van der Waals surface area contributed by atoms with Crippen LogP contribution in [0.15, 0.2) is 41.7 Å². The number of rotatable bonds is 5. The topological polar surface area (TPSA) is 102 Å².